The third kappa shape index (κ3) is 5.22. The summed E-state index contributed by atoms with van der Waals surface area (Å²) in [5.41, 5.74) is 7.93. The molecule has 0 aromatic heterocycles. The molecule has 1 aliphatic heterocycles. The van der Waals surface area contributed by atoms with Crippen LogP contribution in [0.15, 0.2) is 39.7 Å². The molecule has 0 bridgehead atoms. The second kappa shape index (κ2) is 9.67. The number of nitrogens with one attached hydrogen (secondary N) is 2. The van der Waals surface area contributed by atoms with Gasteiger partial charge in [0.05, 0.1) is 13.2 Å². The first-order valence-electron chi connectivity index (χ1n) is 10.5. The number of methoxy groups -OCH3 is 1. The molecule has 0 spiro atoms. The lowest BCUT2D eigenvalue weighted by atomic mass is 10.2. The van der Waals surface area contributed by atoms with Crippen LogP contribution in [0.1, 0.15) is 52.0 Å². The molecular weight excluding hydrogens is 366 g/mol. The Morgan fingerprint density at radius 1 is 1.21 bits per heavy atom. The van der Waals surface area contributed by atoms with E-state index in [1.807, 2.05) is 25.1 Å². The molecule has 158 valence electrons. The molecule has 0 amide bonds. The van der Waals surface area contributed by atoms with Crippen LogP contribution in [0.5, 0.6) is 11.5 Å². The van der Waals surface area contributed by atoms with E-state index in [4.69, 9.17) is 15.2 Å². The van der Waals surface area contributed by atoms with E-state index in [0.29, 0.717) is 23.9 Å². The monoisotopic (exact) mass is 399 g/mol. The van der Waals surface area contributed by atoms with Gasteiger partial charge in [-0.25, -0.2) is 9.98 Å². The molecule has 0 unspecified atom stereocenters. The van der Waals surface area contributed by atoms with Crippen molar-refractivity contribution in [2.24, 2.45) is 21.6 Å². The number of rotatable bonds is 8. The first-order valence-corrected chi connectivity index (χ1v) is 10.5. The molecule has 0 radical (unpaired) electrons. The van der Waals surface area contributed by atoms with E-state index in [-0.39, 0.29) is 12.0 Å². The standard InChI is InChI=1S/C22H33N5O2/c1-5-24-20(23)19-22(27-21(26-19)14(2)3)25-13-15-10-11-17(28-4)18(12-15)29-16-8-6-7-9-16/h10-12,14,16,24H,5-9,13,23H2,1-4H3,(H,25,26,27)/b20-19-. The number of nitrogens with two attached hydrogens (primary N) is 1. The van der Waals surface area contributed by atoms with Gasteiger partial charge in [-0.15, -0.1) is 0 Å². The zero-order chi connectivity index (χ0) is 20.8. The van der Waals surface area contributed by atoms with Gasteiger partial charge in [0.15, 0.2) is 17.3 Å². The van der Waals surface area contributed by atoms with Gasteiger partial charge in [0, 0.05) is 19.0 Å². The van der Waals surface area contributed by atoms with Crippen molar-refractivity contribution in [2.75, 3.05) is 13.7 Å². The average molecular weight is 400 g/mol. The Bertz CT molecular complexity index is 807. The SMILES string of the molecule is CCN/C(N)=C1\N=C(C(C)C)N=C1NCc1ccc(OC)c(OC2CCCC2)c1. The van der Waals surface area contributed by atoms with Crippen LogP contribution in [-0.2, 0) is 6.54 Å². The Morgan fingerprint density at radius 3 is 2.62 bits per heavy atom. The highest BCUT2D eigenvalue weighted by atomic mass is 16.5. The van der Waals surface area contributed by atoms with Crippen molar-refractivity contribution >= 4 is 11.7 Å². The van der Waals surface area contributed by atoms with Crippen molar-refractivity contribution in [1.82, 2.24) is 10.6 Å². The Kier molecular flexibility index (Phi) is 7.01. The van der Waals surface area contributed by atoms with E-state index < -0.39 is 0 Å². The van der Waals surface area contributed by atoms with Gasteiger partial charge in [0.1, 0.15) is 17.4 Å². The second-order valence-electron chi connectivity index (χ2n) is 7.74. The highest BCUT2D eigenvalue weighted by Crippen LogP contribution is 2.32. The fraction of sp³-hybridized carbons (Fsp3) is 0.545. The zero-order valence-corrected chi connectivity index (χ0v) is 17.9. The van der Waals surface area contributed by atoms with E-state index in [1.165, 1.54) is 12.8 Å². The number of ether oxygens (including phenoxy) is 2. The predicted molar refractivity (Wildman–Crippen MR) is 117 cm³/mol. The number of amidine groups is 2. The van der Waals surface area contributed by atoms with Crippen LogP contribution in [0.25, 0.3) is 0 Å². The summed E-state index contributed by atoms with van der Waals surface area (Å²) in [4.78, 5) is 9.26. The summed E-state index contributed by atoms with van der Waals surface area (Å²) >= 11 is 0. The normalized spacial score (nSPS) is 18.5. The summed E-state index contributed by atoms with van der Waals surface area (Å²) in [7, 11) is 1.67. The maximum Gasteiger partial charge on any atom is 0.161 e. The minimum atomic E-state index is 0.228. The summed E-state index contributed by atoms with van der Waals surface area (Å²) in [6.07, 6.45) is 4.96. The molecule has 1 aliphatic carbocycles. The summed E-state index contributed by atoms with van der Waals surface area (Å²) < 4.78 is 11.7. The molecule has 29 heavy (non-hydrogen) atoms. The molecule has 1 aromatic rings. The van der Waals surface area contributed by atoms with Crippen LogP contribution in [-0.4, -0.2) is 31.4 Å². The van der Waals surface area contributed by atoms with Gasteiger partial charge in [-0.3, -0.25) is 0 Å². The first kappa shape index (κ1) is 21.0. The van der Waals surface area contributed by atoms with Crippen LogP contribution >= 0.6 is 0 Å². The summed E-state index contributed by atoms with van der Waals surface area (Å²) in [6.45, 7) is 7.47. The molecule has 1 aromatic carbocycles. The molecule has 7 heteroatoms. The summed E-state index contributed by atoms with van der Waals surface area (Å²) in [5, 5.41) is 6.52. The van der Waals surface area contributed by atoms with E-state index in [2.05, 4.69) is 34.5 Å². The van der Waals surface area contributed by atoms with Gasteiger partial charge in [-0.1, -0.05) is 19.9 Å². The van der Waals surface area contributed by atoms with Crippen LogP contribution in [0.2, 0.25) is 0 Å². The van der Waals surface area contributed by atoms with Crippen molar-refractivity contribution in [2.45, 2.75) is 59.1 Å². The lowest BCUT2D eigenvalue weighted by Gasteiger charge is -2.17. The molecule has 0 saturated heterocycles. The number of hydrogen-bond acceptors (Lipinski definition) is 7. The second-order valence-corrected chi connectivity index (χ2v) is 7.74. The maximum absolute atomic E-state index is 6.20. The van der Waals surface area contributed by atoms with Crippen LogP contribution in [0.4, 0.5) is 0 Å². The molecule has 7 nitrogen and oxygen atoms in total. The highest BCUT2D eigenvalue weighted by Gasteiger charge is 2.22. The summed E-state index contributed by atoms with van der Waals surface area (Å²) in [6, 6.07) is 6.03. The molecule has 3 rings (SSSR count). The van der Waals surface area contributed by atoms with Crippen LogP contribution < -0.4 is 25.8 Å². The minimum absolute atomic E-state index is 0.228. The van der Waals surface area contributed by atoms with Crippen molar-refractivity contribution in [3.63, 3.8) is 0 Å². The van der Waals surface area contributed by atoms with E-state index in [1.54, 1.807) is 7.11 Å². The minimum Gasteiger partial charge on any atom is -0.493 e. The third-order valence-electron chi connectivity index (χ3n) is 5.10. The molecule has 1 heterocycles. The number of hydrogen-bond donors (Lipinski definition) is 3. The molecule has 1 saturated carbocycles. The molecule has 4 N–H and O–H groups in total. The number of aliphatic imine (C=N–C) groups is 2. The Morgan fingerprint density at radius 2 is 1.97 bits per heavy atom. The molecule has 1 fully saturated rings. The predicted octanol–water partition coefficient (Wildman–Crippen LogP) is 3.31. The van der Waals surface area contributed by atoms with Crippen molar-refractivity contribution < 1.29 is 9.47 Å². The Balaban J connectivity index is 1.74. The molecule has 0 atom stereocenters. The fourth-order valence-electron chi connectivity index (χ4n) is 3.50. The van der Waals surface area contributed by atoms with Gasteiger partial charge < -0.3 is 25.8 Å². The third-order valence-corrected chi connectivity index (χ3v) is 5.10. The lowest BCUT2D eigenvalue weighted by Crippen LogP contribution is -2.29. The number of benzene rings is 1. The molecular formula is C22H33N5O2. The van der Waals surface area contributed by atoms with Crippen molar-refractivity contribution in [1.29, 1.82) is 0 Å². The smallest absolute Gasteiger partial charge is 0.161 e. The van der Waals surface area contributed by atoms with E-state index in [0.717, 1.165) is 42.3 Å². The topological polar surface area (TPSA) is 93.3 Å². The highest BCUT2D eigenvalue weighted by molar-refractivity contribution is 6.12. The van der Waals surface area contributed by atoms with Crippen molar-refractivity contribution in [3.05, 3.63) is 35.3 Å². The maximum atomic E-state index is 6.20. The van der Waals surface area contributed by atoms with Gasteiger partial charge in [-0.05, 0) is 50.3 Å². The Labute approximate surface area is 173 Å². The summed E-state index contributed by atoms with van der Waals surface area (Å²) in [5.74, 6) is 3.81. The van der Waals surface area contributed by atoms with Gasteiger partial charge >= 0.3 is 0 Å². The van der Waals surface area contributed by atoms with Gasteiger partial charge in [0.2, 0.25) is 0 Å². The van der Waals surface area contributed by atoms with Crippen LogP contribution in [0, 0.1) is 5.92 Å². The van der Waals surface area contributed by atoms with Crippen molar-refractivity contribution in [3.8, 4) is 11.5 Å². The van der Waals surface area contributed by atoms with Crippen LogP contribution in [0.3, 0.4) is 0 Å². The lowest BCUT2D eigenvalue weighted by molar-refractivity contribution is 0.200. The van der Waals surface area contributed by atoms with Gasteiger partial charge in [0.25, 0.3) is 0 Å². The Hall–Kier alpha value is -2.70. The van der Waals surface area contributed by atoms with E-state index in [9.17, 15) is 0 Å². The van der Waals surface area contributed by atoms with Gasteiger partial charge in [-0.2, -0.15) is 0 Å². The largest absolute Gasteiger partial charge is 0.493 e. The number of nitrogens with zero attached hydrogens (tertiary/aromatic N) is 2. The molecule has 2 aliphatic rings. The zero-order valence-electron chi connectivity index (χ0n) is 17.9. The average Bonchev–Trinajstić information content (AvgIpc) is 3.36. The first-order chi connectivity index (χ1) is 14.0. The van der Waals surface area contributed by atoms with E-state index >= 15 is 0 Å². The fourth-order valence-corrected chi connectivity index (χ4v) is 3.50. The quantitative estimate of drug-likeness (QED) is 0.624.